The molecule has 0 spiro atoms. The molecule has 1 aliphatic rings. The lowest BCUT2D eigenvalue weighted by atomic mass is 10.3. The Hall–Kier alpha value is -1.96. The van der Waals surface area contributed by atoms with Crippen molar-refractivity contribution in [2.45, 2.75) is 31.8 Å². The Labute approximate surface area is 114 Å². The normalized spacial score (nSPS) is 15.4. The van der Waals surface area contributed by atoms with Crippen molar-refractivity contribution >= 4 is 0 Å². The van der Waals surface area contributed by atoms with Crippen LogP contribution in [0.3, 0.4) is 0 Å². The highest BCUT2D eigenvalue weighted by atomic mass is 16.5. The summed E-state index contributed by atoms with van der Waals surface area (Å²) >= 11 is 0. The molecule has 1 saturated carbocycles. The van der Waals surface area contributed by atoms with Crippen LogP contribution in [-0.4, -0.2) is 6.10 Å². The Kier molecular flexibility index (Phi) is 3.68. The fourth-order valence-electron chi connectivity index (χ4n) is 2.43. The molecule has 2 aromatic rings. The van der Waals surface area contributed by atoms with Gasteiger partial charge in [0.05, 0.1) is 6.10 Å². The molecule has 98 valence electrons. The first-order valence-corrected chi connectivity index (χ1v) is 6.90. The van der Waals surface area contributed by atoms with Crippen LogP contribution in [0.5, 0.6) is 17.2 Å². The fraction of sp³-hybridized carbons (Fsp3) is 0.294. The Bertz CT molecular complexity index is 516. The molecule has 0 amide bonds. The van der Waals surface area contributed by atoms with Gasteiger partial charge in [-0.3, -0.25) is 0 Å². The van der Waals surface area contributed by atoms with Gasteiger partial charge in [0.15, 0.2) is 11.5 Å². The van der Waals surface area contributed by atoms with Crippen LogP contribution in [0.15, 0.2) is 54.6 Å². The largest absolute Gasteiger partial charge is 0.487 e. The first kappa shape index (κ1) is 12.1. The maximum atomic E-state index is 6.05. The van der Waals surface area contributed by atoms with E-state index in [-0.39, 0.29) is 0 Å². The van der Waals surface area contributed by atoms with Crippen molar-refractivity contribution in [2.24, 2.45) is 0 Å². The predicted octanol–water partition coefficient (Wildman–Crippen LogP) is 4.80. The van der Waals surface area contributed by atoms with E-state index in [0.717, 1.165) is 30.1 Å². The lowest BCUT2D eigenvalue weighted by molar-refractivity contribution is 0.203. The zero-order valence-corrected chi connectivity index (χ0v) is 10.9. The molecule has 0 aliphatic heterocycles. The predicted molar refractivity (Wildman–Crippen MR) is 75.8 cm³/mol. The molecule has 0 radical (unpaired) electrons. The zero-order chi connectivity index (χ0) is 12.9. The second kappa shape index (κ2) is 5.79. The molecule has 1 fully saturated rings. The molecule has 0 aromatic heterocycles. The van der Waals surface area contributed by atoms with Gasteiger partial charge in [0.1, 0.15) is 5.75 Å². The molecule has 0 bridgehead atoms. The molecule has 19 heavy (non-hydrogen) atoms. The van der Waals surface area contributed by atoms with E-state index in [1.54, 1.807) is 0 Å². The van der Waals surface area contributed by atoms with Crippen molar-refractivity contribution in [3.05, 3.63) is 54.6 Å². The number of ether oxygens (including phenoxy) is 2. The van der Waals surface area contributed by atoms with Crippen molar-refractivity contribution in [2.75, 3.05) is 0 Å². The van der Waals surface area contributed by atoms with Crippen molar-refractivity contribution in [3.63, 3.8) is 0 Å². The van der Waals surface area contributed by atoms with Gasteiger partial charge in [0, 0.05) is 0 Å². The monoisotopic (exact) mass is 254 g/mol. The molecule has 3 rings (SSSR count). The smallest absolute Gasteiger partial charge is 0.169 e. The van der Waals surface area contributed by atoms with Crippen molar-refractivity contribution in [1.82, 2.24) is 0 Å². The molecule has 1 aliphatic carbocycles. The van der Waals surface area contributed by atoms with E-state index in [0.29, 0.717) is 6.10 Å². The SMILES string of the molecule is c1ccc(Oc2ccccc2OC2CCCC2)cc1. The minimum absolute atomic E-state index is 0.348. The maximum Gasteiger partial charge on any atom is 0.169 e. The molecule has 0 atom stereocenters. The molecule has 2 nitrogen and oxygen atoms in total. The summed E-state index contributed by atoms with van der Waals surface area (Å²) in [6, 6.07) is 17.7. The van der Waals surface area contributed by atoms with Crippen LogP contribution in [0.25, 0.3) is 0 Å². The van der Waals surface area contributed by atoms with E-state index in [1.165, 1.54) is 12.8 Å². The average molecular weight is 254 g/mol. The van der Waals surface area contributed by atoms with Gasteiger partial charge in [-0.05, 0) is 49.9 Å². The van der Waals surface area contributed by atoms with Crippen LogP contribution in [-0.2, 0) is 0 Å². The summed E-state index contributed by atoms with van der Waals surface area (Å²) in [5, 5.41) is 0. The van der Waals surface area contributed by atoms with Gasteiger partial charge >= 0.3 is 0 Å². The van der Waals surface area contributed by atoms with Gasteiger partial charge in [-0.25, -0.2) is 0 Å². The Balaban J connectivity index is 1.77. The molecule has 2 heteroatoms. The Morgan fingerprint density at radius 1 is 0.737 bits per heavy atom. The third-order valence-electron chi connectivity index (χ3n) is 3.42. The quantitative estimate of drug-likeness (QED) is 0.780. The number of para-hydroxylation sites is 3. The molecular formula is C17H18O2. The molecule has 2 aromatic carbocycles. The summed E-state index contributed by atoms with van der Waals surface area (Å²) < 4.78 is 11.9. The summed E-state index contributed by atoms with van der Waals surface area (Å²) in [4.78, 5) is 0. The number of hydrogen-bond donors (Lipinski definition) is 0. The van der Waals surface area contributed by atoms with Crippen LogP contribution in [0.2, 0.25) is 0 Å². The van der Waals surface area contributed by atoms with Gasteiger partial charge in [-0.1, -0.05) is 30.3 Å². The molecule has 0 N–H and O–H groups in total. The topological polar surface area (TPSA) is 18.5 Å². The van der Waals surface area contributed by atoms with Crippen LogP contribution in [0.1, 0.15) is 25.7 Å². The Morgan fingerprint density at radius 3 is 2.11 bits per heavy atom. The third kappa shape index (κ3) is 3.08. The van der Waals surface area contributed by atoms with Crippen LogP contribution >= 0.6 is 0 Å². The van der Waals surface area contributed by atoms with Crippen LogP contribution < -0.4 is 9.47 Å². The van der Waals surface area contributed by atoms with Gasteiger partial charge in [0.2, 0.25) is 0 Å². The zero-order valence-electron chi connectivity index (χ0n) is 10.9. The minimum Gasteiger partial charge on any atom is -0.487 e. The summed E-state index contributed by atoms with van der Waals surface area (Å²) in [7, 11) is 0. The van der Waals surface area contributed by atoms with E-state index in [2.05, 4.69) is 0 Å². The van der Waals surface area contributed by atoms with Crippen molar-refractivity contribution < 1.29 is 9.47 Å². The molecule has 0 heterocycles. The van der Waals surface area contributed by atoms with E-state index in [1.807, 2.05) is 54.6 Å². The number of hydrogen-bond acceptors (Lipinski definition) is 2. The van der Waals surface area contributed by atoms with Crippen molar-refractivity contribution in [3.8, 4) is 17.2 Å². The highest BCUT2D eigenvalue weighted by Crippen LogP contribution is 2.34. The first-order chi connectivity index (χ1) is 9.42. The van der Waals surface area contributed by atoms with Crippen LogP contribution in [0.4, 0.5) is 0 Å². The lowest BCUT2D eigenvalue weighted by Crippen LogP contribution is -2.11. The highest BCUT2D eigenvalue weighted by molar-refractivity contribution is 5.42. The summed E-state index contributed by atoms with van der Waals surface area (Å²) in [6.45, 7) is 0. The fourth-order valence-corrected chi connectivity index (χ4v) is 2.43. The molecule has 0 unspecified atom stereocenters. The van der Waals surface area contributed by atoms with E-state index in [4.69, 9.17) is 9.47 Å². The van der Waals surface area contributed by atoms with Gasteiger partial charge in [0.25, 0.3) is 0 Å². The molecular weight excluding hydrogens is 236 g/mol. The second-order valence-electron chi connectivity index (χ2n) is 4.89. The lowest BCUT2D eigenvalue weighted by Gasteiger charge is -2.16. The van der Waals surface area contributed by atoms with Crippen molar-refractivity contribution in [1.29, 1.82) is 0 Å². The number of benzene rings is 2. The average Bonchev–Trinajstić information content (AvgIpc) is 2.95. The molecule has 0 saturated heterocycles. The highest BCUT2D eigenvalue weighted by Gasteiger charge is 2.18. The summed E-state index contributed by atoms with van der Waals surface area (Å²) in [5.74, 6) is 2.48. The van der Waals surface area contributed by atoms with Gasteiger partial charge in [-0.15, -0.1) is 0 Å². The van der Waals surface area contributed by atoms with E-state index in [9.17, 15) is 0 Å². The van der Waals surface area contributed by atoms with Crippen LogP contribution in [0, 0.1) is 0 Å². The number of rotatable bonds is 4. The standard InChI is InChI=1S/C17H18O2/c1-2-8-14(9-3-1)18-16-12-6-7-13-17(16)19-15-10-4-5-11-15/h1-3,6-9,12-13,15H,4-5,10-11H2. The summed E-state index contributed by atoms with van der Waals surface area (Å²) in [5.41, 5.74) is 0. The van der Waals surface area contributed by atoms with E-state index < -0.39 is 0 Å². The maximum absolute atomic E-state index is 6.05. The minimum atomic E-state index is 0.348. The van der Waals surface area contributed by atoms with E-state index >= 15 is 0 Å². The Morgan fingerprint density at radius 2 is 1.37 bits per heavy atom. The van der Waals surface area contributed by atoms with Gasteiger partial charge < -0.3 is 9.47 Å². The first-order valence-electron chi connectivity index (χ1n) is 6.90. The van der Waals surface area contributed by atoms with Gasteiger partial charge in [-0.2, -0.15) is 0 Å². The summed E-state index contributed by atoms with van der Waals surface area (Å²) in [6.07, 6.45) is 5.19. The third-order valence-corrected chi connectivity index (χ3v) is 3.42. The second-order valence-corrected chi connectivity index (χ2v) is 4.89.